The van der Waals surface area contributed by atoms with E-state index in [-0.39, 0.29) is 5.92 Å². The van der Waals surface area contributed by atoms with E-state index in [1.54, 1.807) is 0 Å². The van der Waals surface area contributed by atoms with Crippen LogP contribution in [-0.2, 0) is 14.8 Å². The molecule has 0 radical (unpaired) electrons. The summed E-state index contributed by atoms with van der Waals surface area (Å²) in [5.74, 6) is 0.264. The molecule has 0 bridgehead atoms. The molecule has 0 aromatic rings. The first-order valence-corrected chi connectivity index (χ1v) is 6.01. The Morgan fingerprint density at radius 3 is 2.77 bits per heavy atom. The molecule has 0 aliphatic carbocycles. The van der Waals surface area contributed by atoms with Crippen molar-refractivity contribution in [3.05, 3.63) is 0 Å². The first-order chi connectivity index (χ1) is 6.04. The van der Waals surface area contributed by atoms with Crippen LogP contribution in [0.4, 0.5) is 0 Å². The normalized spacial score (nSPS) is 24.5. The Bertz CT molecular complexity index is 275. The molecule has 0 spiro atoms. The van der Waals surface area contributed by atoms with Gasteiger partial charge in [0.1, 0.15) is 0 Å². The van der Waals surface area contributed by atoms with Crippen molar-refractivity contribution in [3.63, 3.8) is 0 Å². The van der Waals surface area contributed by atoms with Gasteiger partial charge < -0.3 is 5.32 Å². The number of nitrogens with zero attached hydrogens (tertiary/aromatic N) is 1. The van der Waals surface area contributed by atoms with Gasteiger partial charge in [-0.25, -0.2) is 12.7 Å². The molecule has 5 nitrogen and oxygen atoms in total. The van der Waals surface area contributed by atoms with Gasteiger partial charge >= 0.3 is 0 Å². The van der Waals surface area contributed by atoms with E-state index in [0.29, 0.717) is 26.0 Å². The molecular formula is C7H14N2O3S. The van der Waals surface area contributed by atoms with Crippen LogP contribution in [0.3, 0.4) is 0 Å². The number of rotatable bonds is 4. The standard InChI is InChI=1S/C7H14N2O3S/c1-13(11,12)9-3-2-7(5-9)4-8-6-10/h6-7H,2-5H2,1H3,(H,8,10). The predicted octanol–water partition coefficient (Wildman–Crippen LogP) is -0.986. The highest BCUT2D eigenvalue weighted by Crippen LogP contribution is 2.17. The summed E-state index contributed by atoms with van der Waals surface area (Å²) < 4.78 is 23.6. The molecule has 1 N–H and O–H groups in total. The van der Waals surface area contributed by atoms with Crippen molar-refractivity contribution < 1.29 is 13.2 Å². The molecule has 1 heterocycles. The Labute approximate surface area is 78.2 Å². The van der Waals surface area contributed by atoms with Gasteiger partial charge in [0.2, 0.25) is 16.4 Å². The van der Waals surface area contributed by atoms with E-state index >= 15 is 0 Å². The number of carbonyl (C=O) groups excluding carboxylic acids is 1. The van der Waals surface area contributed by atoms with Crippen molar-refractivity contribution in [2.45, 2.75) is 6.42 Å². The summed E-state index contributed by atoms with van der Waals surface area (Å²) in [7, 11) is -3.04. The lowest BCUT2D eigenvalue weighted by atomic mass is 10.1. The largest absolute Gasteiger partial charge is 0.358 e. The molecule has 1 atom stereocenters. The molecule has 0 saturated carbocycles. The van der Waals surface area contributed by atoms with Crippen LogP contribution in [0, 0.1) is 5.92 Å². The van der Waals surface area contributed by atoms with Crippen LogP contribution in [0.25, 0.3) is 0 Å². The van der Waals surface area contributed by atoms with Crippen LogP contribution >= 0.6 is 0 Å². The molecule has 1 fully saturated rings. The zero-order chi connectivity index (χ0) is 9.90. The lowest BCUT2D eigenvalue weighted by Gasteiger charge is -2.12. The minimum atomic E-state index is -3.04. The van der Waals surface area contributed by atoms with E-state index in [4.69, 9.17) is 0 Å². The fraction of sp³-hybridized carbons (Fsp3) is 0.857. The van der Waals surface area contributed by atoms with E-state index in [0.717, 1.165) is 6.42 Å². The van der Waals surface area contributed by atoms with Crippen molar-refractivity contribution in [2.75, 3.05) is 25.9 Å². The Hall–Kier alpha value is -0.620. The summed E-state index contributed by atoms with van der Waals surface area (Å²) in [4.78, 5) is 10.00. The minimum Gasteiger partial charge on any atom is -0.358 e. The third kappa shape index (κ3) is 2.96. The zero-order valence-corrected chi connectivity index (χ0v) is 8.38. The van der Waals surface area contributed by atoms with E-state index in [1.165, 1.54) is 10.6 Å². The highest BCUT2D eigenvalue weighted by atomic mass is 32.2. The Morgan fingerprint density at radius 2 is 2.31 bits per heavy atom. The molecule has 1 saturated heterocycles. The maximum atomic E-state index is 11.1. The van der Waals surface area contributed by atoms with E-state index in [1.807, 2.05) is 0 Å². The highest BCUT2D eigenvalue weighted by Gasteiger charge is 2.27. The number of nitrogens with one attached hydrogen (secondary N) is 1. The number of hydrogen-bond donors (Lipinski definition) is 1. The summed E-state index contributed by atoms with van der Waals surface area (Å²) in [5, 5.41) is 2.56. The SMILES string of the molecule is CS(=O)(=O)N1CCC(CNC=O)C1. The van der Waals surface area contributed by atoms with E-state index < -0.39 is 10.0 Å². The van der Waals surface area contributed by atoms with Crippen molar-refractivity contribution in [2.24, 2.45) is 5.92 Å². The third-order valence-corrected chi connectivity index (χ3v) is 3.48. The average Bonchev–Trinajstić information content (AvgIpc) is 2.47. The number of amides is 1. The van der Waals surface area contributed by atoms with Crippen LogP contribution in [0.5, 0.6) is 0 Å². The highest BCUT2D eigenvalue weighted by molar-refractivity contribution is 7.88. The molecule has 1 aliphatic rings. The van der Waals surface area contributed by atoms with Gasteiger partial charge in [-0.15, -0.1) is 0 Å². The van der Waals surface area contributed by atoms with Crippen molar-refractivity contribution in [1.82, 2.24) is 9.62 Å². The van der Waals surface area contributed by atoms with Crippen LogP contribution in [-0.4, -0.2) is 45.0 Å². The summed E-state index contributed by atoms with van der Waals surface area (Å²) >= 11 is 0. The van der Waals surface area contributed by atoms with Crippen molar-refractivity contribution in [1.29, 1.82) is 0 Å². The Kier molecular flexibility index (Phi) is 3.27. The molecule has 1 rings (SSSR count). The van der Waals surface area contributed by atoms with Gasteiger partial charge in [-0.1, -0.05) is 0 Å². The third-order valence-electron chi connectivity index (χ3n) is 2.21. The monoisotopic (exact) mass is 206 g/mol. The molecule has 1 unspecified atom stereocenters. The van der Waals surface area contributed by atoms with Crippen LogP contribution in [0.1, 0.15) is 6.42 Å². The van der Waals surface area contributed by atoms with Gasteiger partial charge in [-0.2, -0.15) is 0 Å². The van der Waals surface area contributed by atoms with E-state index in [9.17, 15) is 13.2 Å². The first-order valence-electron chi connectivity index (χ1n) is 4.16. The molecule has 76 valence electrons. The van der Waals surface area contributed by atoms with Crippen molar-refractivity contribution in [3.8, 4) is 0 Å². The first kappa shape index (κ1) is 10.5. The van der Waals surface area contributed by atoms with Gasteiger partial charge in [-0.05, 0) is 12.3 Å². The Morgan fingerprint density at radius 1 is 1.62 bits per heavy atom. The second kappa shape index (κ2) is 4.06. The lowest BCUT2D eigenvalue weighted by molar-refractivity contribution is -0.109. The minimum absolute atomic E-state index is 0.264. The predicted molar refractivity (Wildman–Crippen MR) is 48.6 cm³/mol. The molecule has 6 heteroatoms. The molecule has 13 heavy (non-hydrogen) atoms. The van der Waals surface area contributed by atoms with Gasteiger partial charge in [0, 0.05) is 19.6 Å². The summed E-state index contributed by atoms with van der Waals surface area (Å²) in [6.45, 7) is 1.67. The van der Waals surface area contributed by atoms with Gasteiger partial charge in [0.05, 0.1) is 6.26 Å². The maximum absolute atomic E-state index is 11.1. The van der Waals surface area contributed by atoms with Gasteiger partial charge in [-0.3, -0.25) is 4.79 Å². The van der Waals surface area contributed by atoms with Crippen LogP contribution < -0.4 is 5.32 Å². The summed E-state index contributed by atoms with van der Waals surface area (Å²) in [6.07, 6.45) is 2.68. The average molecular weight is 206 g/mol. The van der Waals surface area contributed by atoms with Crippen LogP contribution in [0.2, 0.25) is 0 Å². The molecule has 1 amide bonds. The quantitative estimate of drug-likeness (QED) is 0.601. The second-order valence-corrected chi connectivity index (χ2v) is 5.28. The molecular weight excluding hydrogens is 192 g/mol. The van der Waals surface area contributed by atoms with Crippen LogP contribution in [0.15, 0.2) is 0 Å². The summed E-state index contributed by atoms with van der Waals surface area (Å²) in [6, 6.07) is 0. The number of hydrogen-bond acceptors (Lipinski definition) is 3. The zero-order valence-electron chi connectivity index (χ0n) is 7.56. The molecule has 0 aromatic carbocycles. The number of carbonyl (C=O) groups is 1. The maximum Gasteiger partial charge on any atom is 0.211 e. The van der Waals surface area contributed by atoms with E-state index in [2.05, 4.69) is 5.32 Å². The number of sulfonamides is 1. The lowest BCUT2D eigenvalue weighted by Crippen LogP contribution is -2.29. The molecule has 0 aromatic heterocycles. The second-order valence-electron chi connectivity index (χ2n) is 3.30. The van der Waals surface area contributed by atoms with Gasteiger partial charge in [0.25, 0.3) is 0 Å². The Balaban J connectivity index is 2.41. The topological polar surface area (TPSA) is 66.5 Å². The fourth-order valence-electron chi connectivity index (χ4n) is 1.48. The fourth-order valence-corrected chi connectivity index (χ4v) is 2.40. The van der Waals surface area contributed by atoms with Crippen molar-refractivity contribution >= 4 is 16.4 Å². The summed E-state index contributed by atoms with van der Waals surface area (Å²) in [5.41, 5.74) is 0. The molecule has 1 aliphatic heterocycles. The smallest absolute Gasteiger partial charge is 0.211 e. The van der Waals surface area contributed by atoms with Gasteiger partial charge in [0.15, 0.2) is 0 Å².